The molecule has 0 aliphatic heterocycles. The van der Waals surface area contributed by atoms with Gasteiger partial charge in [0.15, 0.2) is 0 Å². The standard InChI is InChI=1S/C9H8N2O/c1-7-8(6-11-12-7)9-4-2-3-5-10-9/h2-6H,1H3. The molecule has 0 fully saturated rings. The first kappa shape index (κ1) is 7.03. The fraction of sp³-hybridized carbons (Fsp3) is 0.111. The van der Waals surface area contributed by atoms with E-state index in [9.17, 15) is 0 Å². The third kappa shape index (κ3) is 1.09. The summed E-state index contributed by atoms with van der Waals surface area (Å²) in [7, 11) is 0. The summed E-state index contributed by atoms with van der Waals surface area (Å²) in [5.41, 5.74) is 1.85. The molecule has 0 atom stereocenters. The van der Waals surface area contributed by atoms with E-state index >= 15 is 0 Å². The van der Waals surface area contributed by atoms with Gasteiger partial charge in [-0.15, -0.1) is 0 Å². The van der Waals surface area contributed by atoms with Gasteiger partial charge < -0.3 is 4.52 Å². The van der Waals surface area contributed by atoms with Crippen LogP contribution in [-0.2, 0) is 0 Å². The van der Waals surface area contributed by atoms with Crippen molar-refractivity contribution in [3.63, 3.8) is 0 Å². The van der Waals surface area contributed by atoms with E-state index in [2.05, 4.69) is 10.1 Å². The zero-order valence-electron chi connectivity index (χ0n) is 6.69. The second-order valence-electron chi connectivity index (χ2n) is 2.51. The predicted octanol–water partition coefficient (Wildman–Crippen LogP) is 2.05. The summed E-state index contributed by atoms with van der Waals surface area (Å²) in [6, 6.07) is 5.75. The second kappa shape index (κ2) is 2.77. The first-order valence-electron chi connectivity index (χ1n) is 3.70. The quantitative estimate of drug-likeness (QED) is 0.640. The molecule has 3 heteroatoms. The second-order valence-corrected chi connectivity index (χ2v) is 2.51. The van der Waals surface area contributed by atoms with Crippen molar-refractivity contribution >= 4 is 0 Å². The molecule has 0 aliphatic carbocycles. The van der Waals surface area contributed by atoms with Gasteiger partial charge in [0, 0.05) is 6.20 Å². The molecule has 0 amide bonds. The molecule has 0 N–H and O–H groups in total. The average molecular weight is 160 g/mol. The van der Waals surface area contributed by atoms with Crippen LogP contribution < -0.4 is 0 Å². The van der Waals surface area contributed by atoms with Crippen molar-refractivity contribution < 1.29 is 4.52 Å². The van der Waals surface area contributed by atoms with E-state index in [4.69, 9.17) is 4.52 Å². The zero-order valence-corrected chi connectivity index (χ0v) is 6.69. The topological polar surface area (TPSA) is 38.9 Å². The molecule has 60 valence electrons. The highest BCUT2D eigenvalue weighted by Crippen LogP contribution is 2.19. The molecule has 0 aromatic carbocycles. The summed E-state index contributed by atoms with van der Waals surface area (Å²) in [5.74, 6) is 0.800. The highest BCUT2D eigenvalue weighted by atomic mass is 16.5. The summed E-state index contributed by atoms with van der Waals surface area (Å²) in [6.07, 6.45) is 3.43. The molecule has 0 bridgehead atoms. The van der Waals surface area contributed by atoms with Crippen LogP contribution in [0.25, 0.3) is 11.3 Å². The molecule has 3 nitrogen and oxygen atoms in total. The van der Waals surface area contributed by atoms with Crippen molar-refractivity contribution in [2.75, 3.05) is 0 Å². The van der Waals surface area contributed by atoms with E-state index in [1.54, 1.807) is 12.4 Å². The van der Waals surface area contributed by atoms with E-state index in [1.165, 1.54) is 0 Å². The fourth-order valence-electron chi connectivity index (χ4n) is 1.07. The number of aromatic nitrogens is 2. The van der Waals surface area contributed by atoms with E-state index in [0.717, 1.165) is 17.0 Å². The normalized spacial score (nSPS) is 10.1. The van der Waals surface area contributed by atoms with Crippen molar-refractivity contribution in [2.45, 2.75) is 6.92 Å². The molecular formula is C9H8N2O. The average Bonchev–Trinajstić information content (AvgIpc) is 2.53. The third-order valence-electron chi connectivity index (χ3n) is 1.69. The van der Waals surface area contributed by atoms with Crippen LogP contribution in [-0.4, -0.2) is 10.1 Å². The molecule has 2 aromatic rings. The van der Waals surface area contributed by atoms with Gasteiger partial charge in [-0.1, -0.05) is 11.2 Å². The SMILES string of the molecule is Cc1oncc1-c1ccccn1. The van der Waals surface area contributed by atoms with Crippen molar-refractivity contribution in [3.05, 3.63) is 36.4 Å². The van der Waals surface area contributed by atoms with Gasteiger partial charge in [-0.05, 0) is 19.1 Å². The molecule has 0 spiro atoms. The molecule has 0 unspecified atom stereocenters. The number of rotatable bonds is 1. The van der Waals surface area contributed by atoms with Crippen LogP contribution in [0.1, 0.15) is 5.76 Å². The Morgan fingerprint density at radius 1 is 1.33 bits per heavy atom. The van der Waals surface area contributed by atoms with Gasteiger partial charge in [0.05, 0.1) is 17.5 Å². The largest absolute Gasteiger partial charge is 0.361 e. The molecule has 2 aromatic heterocycles. The summed E-state index contributed by atoms with van der Waals surface area (Å²) in [6.45, 7) is 1.87. The Morgan fingerprint density at radius 3 is 2.83 bits per heavy atom. The van der Waals surface area contributed by atoms with Crippen molar-refractivity contribution in [1.82, 2.24) is 10.1 Å². The van der Waals surface area contributed by atoms with E-state index in [0.29, 0.717) is 0 Å². The summed E-state index contributed by atoms with van der Waals surface area (Å²) < 4.78 is 4.93. The lowest BCUT2D eigenvalue weighted by Crippen LogP contribution is -1.80. The van der Waals surface area contributed by atoms with Gasteiger partial charge in [0.2, 0.25) is 0 Å². The minimum Gasteiger partial charge on any atom is -0.361 e. The van der Waals surface area contributed by atoms with E-state index < -0.39 is 0 Å². The van der Waals surface area contributed by atoms with Crippen LogP contribution in [0.15, 0.2) is 35.1 Å². The van der Waals surface area contributed by atoms with Crippen LogP contribution >= 0.6 is 0 Å². The molecular weight excluding hydrogens is 152 g/mol. The lowest BCUT2D eigenvalue weighted by molar-refractivity contribution is 0.398. The van der Waals surface area contributed by atoms with Gasteiger partial charge in [-0.25, -0.2) is 0 Å². The van der Waals surface area contributed by atoms with Gasteiger partial charge in [-0.2, -0.15) is 0 Å². The first-order valence-corrected chi connectivity index (χ1v) is 3.70. The van der Waals surface area contributed by atoms with Crippen molar-refractivity contribution in [1.29, 1.82) is 0 Å². The van der Waals surface area contributed by atoms with Gasteiger partial charge >= 0.3 is 0 Å². The smallest absolute Gasteiger partial charge is 0.143 e. The Balaban J connectivity index is 2.51. The Labute approximate surface area is 70.0 Å². The van der Waals surface area contributed by atoms with Crippen molar-refractivity contribution in [3.8, 4) is 11.3 Å². The third-order valence-corrected chi connectivity index (χ3v) is 1.69. The highest BCUT2D eigenvalue weighted by Gasteiger charge is 2.05. The number of hydrogen-bond donors (Lipinski definition) is 0. The van der Waals surface area contributed by atoms with Crippen LogP contribution in [0.5, 0.6) is 0 Å². The van der Waals surface area contributed by atoms with E-state index in [1.807, 2.05) is 25.1 Å². The van der Waals surface area contributed by atoms with Gasteiger partial charge in [-0.3, -0.25) is 4.98 Å². The number of nitrogens with zero attached hydrogens (tertiary/aromatic N) is 2. The molecule has 2 rings (SSSR count). The number of hydrogen-bond acceptors (Lipinski definition) is 3. The maximum atomic E-state index is 4.93. The monoisotopic (exact) mass is 160 g/mol. The minimum atomic E-state index is 0.800. The van der Waals surface area contributed by atoms with Gasteiger partial charge in [0.1, 0.15) is 5.76 Å². The molecule has 0 radical (unpaired) electrons. The molecule has 12 heavy (non-hydrogen) atoms. The molecule has 0 aliphatic rings. The first-order chi connectivity index (χ1) is 5.88. The number of pyridine rings is 1. The molecule has 0 saturated heterocycles. The van der Waals surface area contributed by atoms with Crippen LogP contribution in [0.3, 0.4) is 0 Å². The van der Waals surface area contributed by atoms with Gasteiger partial charge in [0.25, 0.3) is 0 Å². The zero-order chi connectivity index (χ0) is 8.39. The Bertz CT molecular complexity index is 367. The Hall–Kier alpha value is -1.64. The fourth-order valence-corrected chi connectivity index (χ4v) is 1.07. The molecule has 0 saturated carbocycles. The lowest BCUT2D eigenvalue weighted by atomic mass is 10.2. The van der Waals surface area contributed by atoms with Crippen LogP contribution in [0, 0.1) is 6.92 Å². The molecule has 2 heterocycles. The Morgan fingerprint density at radius 2 is 2.25 bits per heavy atom. The summed E-state index contributed by atoms with van der Waals surface area (Å²) in [5, 5.41) is 3.68. The Kier molecular flexibility index (Phi) is 1.63. The highest BCUT2D eigenvalue weighted by molar-refractivity contribution is 5.59. The summed E-state index contributed by atoms with van der Waals surface area (Å²) >= 11 is 0. The summed E-state index contributed by atoms with van der Waals surface area (Å²) in [4.78, 5) is 4.18. The van der Waals surface area contributed by atoms with Crippen LogP contribution in [0.2, 0.25) is 0 Å². The van der Waals surface area contributed by atoms with E-state index in [-0.39, 0.29) is 0 Å². The number of aryl methyl sites for hydroxylation is 1. The van der Waals surface area contributed by atoms with Crippen molar-refractivity contribution in [2.24, 2.45) is 0 Å². The van der Waals surface area contributed by atoms with Crippen LogP contribution in [0.4, 0.5) is 0 Å². The predicted molar refractivity (Wildman–Crippen MR) is 44.5 cm³/mol. The minimum absolute atomic E-state index is 0.800. The maximum Gasteiger partial charge on any atom is 0.143 e. The maximum absolute atomic E-state index is 4.93. The lowest BCUT2D eigenvalue weighted by Gasteiger charge is -1.93.